The number of ether oxygens (including phenoxy) is 1. The Morgan fingerprint density at radius 2 is 2.00 bits per heavy atom. The normalized spacial score (nSPS) is 10.1. The van der Waals surface area contributed by atoms with Gasteiger partial charge in [-0.1, -0.05) is 0 Å². The van der Waals surface area contributed by atoms with E-state index in [0.717, 1.165) is 0 Å². The van der Waals surface area contributed by atoms with Crippen LogP contribution in [0.5, 0.6) is 11.8 Å². The maximum Gasteiger partial charge on any atom is 0.301 e. The predicted molar refractivity (Wildman–Crippen MR) is 49.7 cm³/mol. The van der Waals surface area contributed by atoms with E-state index in [1.165, 1.54) is 12.1 Å². The summed E-state index contributed by atoms with van der Waals surface area (Å²) in [5, 5.41) is 0. The largest absolute Gasteiger partial charge is 0.426 e. The van der Waals surface area contributed by atoms with Crippen LogP contribution in [0.25, 0.3) is 0 Å². The van der Waals surface area contributed by atoms with Crippen molar-refractivity contribution in [3.8, 4) is 11.8 Å². The van der Waals surface area contributed by atoms with E-state index in [4.69, 9.17) is 4.74 Å². The van der Waals surface area contributed by atoms with E-state index in [-0.39, 0.29) is 5.82 Å². The lowest BCUT2D eigenvalue weighted by atomic mass is 10.3. The molecule has 1 aromatic heterocycles. The molecule has 0 atom stereocenters. The second kappa shape index (κ2) is 3.49. The van der Waals surface area contributed by atoms with Gasteiger partial charge in [-0.3, -0.25) is 0 Å². The highest BCUT2D eigenvalue weighted by Gasteiger charge is 2.01. The number of aromatic nitrogens is 2. The van der Waals surface area contributed by atoms with Crippen LogP contribution in [-0.4, -0.2) is 9.55 Å². The molecule has 2 aromatic rings. The smallest absolute Gasteiger partial charge is 0.301 e. The number of benzene rings is 1. The summed E-state index contributed by atoms with van der Waals surface area (Å²) in [5.41, 5.74) is 0. The topological polar surface area (TPSA) is 27.1 Å². The summed E-state index contributed by atoms with van der Waals surface area (Å²) in [7, 11) is 1.83. The van der Waals surface area contributed by atoms with Gasteiger partial charge in [0.15, 0.2) is 0 Å². The molecule has 0 amide bonds. The monoisotopic (exact) mass is 192 g/mol. The zero-order valence-electron chi connectivity index (χ0n) is 7.64. The Bertz CT molecular complexity index is 422. The molecular weight excluding hydrogens is 183 g/mol. The van der Waals surface area contributed by atoms with Gasteiger partial charge in [-0.05, 0) is 24.3 Å². The average Bonchev–Trinajstić information content (AvgIpc) is 2.56. The van der Waals surface area contributed by atoms with Crippen LogP contribution < -0.4 is 4.74 Å². The Morgan fingerprint density at radius 3 is 2.57 bits per heavy atom. The van der Waals surface area contributed by atoms with Gasteiger partial charge in [-0.25, -0.2) is 9.37 Å². The molecule has 3 nitrogen and oxygen atoms in total. The first-order chi connectivity index (χ1) is 6.75. The van der Waals surface area contributed by atoms with E-state index < -0.39 is 0 Å². The third-order valence-corrected chi connectivity index (χ3v) is 1.80. The van der Waals surface area contributed by atoms with Crippen LogP contribution in [0, 0.1) is 5.82 Å². The lowest BCUT2D eigenvalue weighted by Crippen LogP contribution is -1.93. The predicted octanol–water partition coefficient (Wildman–Crippen LogP) is 2.35. The SMILES string of the molecule is Cn1ccnc1Oc1ccc(F)cc1. The van der Waals surface area contributed by atoms with Crippen LogP contribution in [-0.2, 0) is 7.05 Å². The van der Waals surface area contributed by atoms with Crippen LogP contribution >= 0.6 is 0 Å². The quantitative estimate of drug-likeness (QED) is 0.730. The van der Waals surface area contributed by atoms with Crippen molar-refractivity contribution in [2.75, 3.05) is 0 Å². The molecule has 72 valence electrons. The molecule has 1 heterocycles. The third kappa shape index (κ3) is 1.74. The molecule has 0 saturated heterocycles. The van der Waals surface area contributed by atoms with Gasteiger partial charge < -0.3 is 9.30 Å². The number of rotatable bonds is 2. The van der Waals surface area contributed by atoms with Crippen LogP contribution in [0.1, 0.15) is 0 Å². The average molecular weight is 192 g/mol. The minimum absolute atomic E-state index is 0.280. The molecule has 14 heavy (non-hydrogen) atoms. The molecule has 0 aliphatic rings. The van der Waals surface area contributed by atoms with Gasteiger partial charge in [0.2, 0.25) is 0 Å². The first-order valence-electron chi connectivity index (χ1n) is 4.16. The van der Waals surface area contributed by atoms with E-state index in [2.05, 4.69) is 4.98 Å². The van der Waals surface area contributed by atoms with Gasteiger partial charge in [-0.15, -0.1) is 0 Å². The molecule has 0 fully saturated rings. The summed E-state index contributed by atoms with van der Waals surface area (Å²) in [5.74, 6) is 0.290. The van der Waals surface area contributed by atoms with Gasteiger partial charge >= 0.3 is 6.01 Å². The van der Waals surface area contributed by atoms with Crippen molar-refractivity contribution in [1.82, 2.24) is 9.55 Å². The molecule has 0 spiro atoms. The Kier molecular flexibility index (Phi) is 2.18. The minimum atomic E-state index is -0.280. The third-order valence-electron chi connectivity index (χ3n) is 1.80. The number of halogens is 1. The van der Waals surface area contributed by atoms with E-state index in [0.29, 0.717) is 11.8 Å². The molecule has 0 aliphatic carbocycles. The Hall–Kier alpha value is -1.84. The van der Waals surface area contributed by atoms with Crippen molar-refractivity contribution in [3.63, 3.8) is 0 Å². The summed E-state index contributed by atoms with van der Waals surface area (Å²) in [6.45, 7) is 0. The van der Waals surface area contributed by atoms with Crippen molar-refractivity contribution in [3.05, 3.63) is 42.5 Å². The van der Waals surface area contributed by atoms with E-state index in [1.54, 1.807) is 29.1 Å². The first-order valence-corrected chi connectivity index (χ1v) is 4.16. The molecule has 0 aliphatic heterocycles. The highest BCUT2D eigenvalue weighted by molar-refractivity contribution is 5.25. The number of hydrogen-bond donors (Lipinski definition) is 0. The van der Waals surface area contributed by atoms with E-state index in [9.17, 15) is 4.39 Å². The number of nitrogens with zero attached hydrogens (tertiary/aromatic N) is 2. The standard InChI is InChI=1S/C10H9FN2O/c1-13-7-6-12-10(13)14-9-4-2-8(11)3-5-9/h2-7H,1H3. The van der Waals surface area contributed by atoms with Gasteiger partial charge in [0.1, 0.15) is 11.6 Å². The lowest BCUT2D eigenvalue weighted by Gasteiger charge is -2.03. The summed E-state index contributed by atoms with van der Waals surface area (Å²) in [6.07, 6.45) is 3.41. The van der Waals surface area contributed by atoms with E-state index in [1.807, 2.05) is 7.05 Å². The molecule has 4 heteroatoms. The molecular formula is C10H9FN2O. The van der Waals surface area contributed by atoms with Crippen LogP contribution in [0.2, 0.25) is 0 Å². The van der Waals surface area contributed by atoms with Crippen molar-refractivity contribution in [2.24, 2.45) is 7.05 Å². The van der Waals surface area contributed by atoms with Crippen LogP contribution in [0.15, 0.2) is 36.7 Å². The summed E-state index contributed by atoms with van der Waals surface area (Å²) in [4.78, 5) is 3.98. The minimum Gasteiger partial charge on any atom is -0.426 e. The van der Waals surface area contributed by atoms with Crippen molar-refractivity contribution < 1.29 is 9.13 Å². The van der Waals surface area contributed by atoms with Gasteiger partial charge in [-0.2, -0.15) is 0 Å². The number of hydrogen-bond acceptors (Lipinski definition) is 2. The van der Waals surface area contributed by atoms with Crippen LogP contribution in [0.4, 0.5) is 4.39 Å². The lowest BCUT2D eigenvalue weighted by molar-refractivity contribution is 0.424. The Labute approximate surface area is 80.8 Å². The molecule has 1 aromatic carbocycles. The van der Waals surface area contributed by atoms with Gasteiger partial charge in [0.25, 0.3) is 0 Å². The summed E-state index contributed by atoms with van der Waals surface area (Å²) < 4.78 is 19.7. The van der Waals surface area contributed by atoms with Crippen molar-refractivity contribution in [2.45, 2.75) is 0 Å². The molecule has 2 rings (SSSR count). The number of aryl methyl sites for hydroxylation is 1. The Morgan fingerprint density at radius 1 is 1.29 bits per heavy atom. The zero-order valence-corrected chi connectivity index (χ0v) is 7.64. The van der Waals surface area contributed by atoms with E-state index >= 15 is 0 Å². The fraction of sp³-hybridized carbons (Fsp3) is 0.100. The van der Waals surface area contributed by atoms with Gasteiger partial charge in [0.05, 0.1) is 0 Å². The zero-order chi connectivity index (χ0) is 9.97. The van der Waals surface area contributed by atoms with Crippen LogP contribution in [0.3, 0.4) is 0 Å². The highest BCUT2D eigenvalue weighted by atomic mass is 19.1. The fourth-order valence-corrected chi connectivity index (χ4v) is 1.06. The second-order valence-corrected chi connectivity index (χ2v) is 2.88. The summed E-state index contributed by atoms with van der Waals surface area (Å²) in [6, 6.07) is 6.29. The van der Waals surface area contributed by atoms with Crippen molar-refractivity contribution >= 4 is 0 Å². The maximum absolute atomic E-state index is 12.6. The molecule has 0 saturated carbocycles. The Balaban J connectivity index is 2.19. The second-order valence-electron chi connectivity index (χ2n) is 2.88. The highest BCUT2D eigenvalue weighted by Crippen LogP contribution is 2.18. The van der Waals surface area contributed by atoms with Crippen molar-refractivity contribution in [1.29, 1.82) is 0 Å². The number of imidazole rings is 1. The fourth-order valence-electron chi connectivity index (χ4n) is 1.06. The maximum atomic E-state index is 12.6. The molecule has 0 unspecified atom stereocenters. The molecule has 0 bridgehead atoms. The molecule has 0 N–H and O–H groups in total. The first kappa shape index (κ1) is 8.74. The summed E-state index contributed by atoms with van der Waals surface area (Å²) >= 11 is 0. The molecule has 0 radical (unpaired) electrons. The van der Waals surface area contributed by atoms with Gasteiger partial charge in [0, 0.05) is 19.4 Å².